The Bertz CT molecular complexity index is 1230. The van der Waals surface area contributed by atoms with Crippen molar-refractivity contribution in [2.45, 2.75) is 4.90 Å². The van der Waals surface area contributed by atoms with Gasteiger partial charge in [0.2, 0.25) is 0 Å². The molecule has 0 aliphatic rings. The van der Waals surface area contributed by atoms with E-state index in [1.165, 1.54) is 19.2 Å². The summed E-state index contributed by atoms with van der Waals surface area (Å²) >= 11 is 3.31. The summed E-state index contributed by atoms with van der Waals surface area (Å²) in [5.74, 6) is 0.563. The molecule has 0 saturated carbocycles. The fourth-order valence-electron chi connectivity index (χ4n) is 2.82. The Hall–Kier alpha value is -2.51. The molecule has 0 amide bonds. The lowest BCUT2D eigenvalue weighted by atomic mass is 10.1. The first kappa shape index (κ1) is 16.9. The highest BCUT2D eigenvalue weighted by molar-refractivity contribution is 9.10. The normalized spacial score (nSPS) is 11.8. The van der Waals surface area contributed by atoms with Crippen LogP contribution in [0.4, 0.5) is 5.69 Å². The van der Waals surface area contributed by atoms with Gasteiger partial charge >= 0.3 is 0 Å². The predicted octanol–water partition coefficient (Wildman–Crippen LogP) is 5.16. The van der Waals surface area contributed by atoms with Crippen LogP contribution in [0.25, 0.3) is 21.9 Å². The van der Waals surface area contributed by atoms with Gasteiger partial charge in [0.05, 0.1) is 22.2 Å². The third-order valence-electron chi connectivity index (χ3n) is 4.06. The van der Waals surface area contributed by atoms with Crippen molar-refractivity contribution in [3.63, 3.8) is 0 Å². The van der Waals surface area contributed by atoms with E-state index in [2.05, 4.69) is 20.7 Å². The molecule has 132 valence electrons. The summed E-state index contributed by atoms with van der Waals surface area (Å²) in [4.78, 5) is 0.134. The van der Waals surface area contributed by atoms with Gasteiger partial charge in [0.15, 0.2) is 0 Å². The van der Waals surface area contributed by atoms with E-state index in [1.54, 1.807) is 18.2 Å². The highest BCUT2D eigenvalue weighted by Gasteiger charge is 2.17. The van der Waals surface area contributed by atoms with Crippen molar-refractivity contribution in [2.24, 2.45) is 0 Å². The Kier molecular flexibility index (Phi) is 4.13. The van der Waals surface area contributed by atoms with E-state index in [4.69, 9.17) is 9.15 Å². The molecule has 0 aliphatic carbocycles. The maximum Gasteiger partial charge on any atom is 0.261 e. The molecule has 26 heavy (non-hydrogen) atoms. The Balaban J connectivity index is 1.71. The monoisotopic (exact) mass is 431 g/mol. The molecule has 5 nitrogen and oxygen atoms in total. The molecule has 1 N–H and O–H groups in total. The topological polar surface area (TPSA) is 68.5 Å². The standard InChI is InChI=1S/C19H14BrNO4S/c1-24-18-9-7-13(11-16(18)20)26(22,23)21-12-6-8-15-14-4-2-3-5-17(14)25-19(15)10-12/h2-11,21H,1H3. The minimum absolute atomic E-state index is 0.134. The van der Waals surface area contributed by atoms with Gasteiger partial charge in [-0.05, 0) is 52.3 Å². The van der Waals surface area contributed by atoms with Crippen LogP contribution in [-0.4, -0.2) is 15.5 Å². The summed E-state index contributed by atoms with van der Waals surface area (Å²) in [6.07, 6.45) is 0. The van der Waals surface area contributed by atoms with Gasteiger partial charge in [0.1, 0.15) is 16.9 Å². The summed E-state index contributed by atoms with van der Waals surface area (Å²) in [6.45, 7) is 0. The zero-order chi connectivity index (χ0) is 18.3. The molecule has 4 aromatic rings. The van der Waals surface area contributed by atoms with Crippen LogP contribution in [-0.2, 0) is 10.0 Å². The third-order valence-corrected chi connectivity index (χ3v) is 6.06. The molecule has 1 aromatic heterocycles. The highest BCUT2D eigenvalue weighted by atomic mass is 79.9. The van der Waals surface area contributed by atoms with Gasteiger partial charge in [-0.15, -0.1) is 0 Å². The predicted molar refractivity (Wildman–Crippen MR) is 105 cm³/mol. The zero-order valence-electron chi connectivity index (χ0n) is 13.7. The number of fused-ring (bicyclic) bond motifs is 3. The van der Waals surface area contributed by atoms with Crippen molar-refractivity contribution in [1.82, 2.24) is 0 Å². The molecular weight excluding hydrogens is 418 g/mol. The maximum absolute atomic E-state index is 12.7. The second-order valence-electron chi connectivity index (χ2n) is 5.71. The number of hydrogen-bond donors (Lipinski definition) is 1. The average Bonchev–Trinajstić information content (AvgIpc) is 2.99. The Morgan fingerprint density at radius 3 is 2.50 bits per heavy atom. The summed E-state index contributed by atoms with van der Waals surface area (Å²) in [7, 11) is -2.21. The number of rotatable bonds is 4. The Morgan fingerprint density at radius 2 is 1.73 bits per heavy atom. The molecule has 0 spiro atoms. The number of para-hydroxylation sites is 1. The molecule has 0 unspecified atom stereocenters. The van der Waals surface area contributed by atoms with E-state index in [9.17, 15) is 8.42 Å². The van der Waals surface area contributed by atoms with Crippen molar-refractivity contribution in [3.8, 4) is 5.75 Å². The summed E-state index contributed by atoms with van der Waals surface area (Å²) in [5, 5.41) is 1.94. The number of halogens is 1. The Labute approximate surface area is 158 Å². The third kappa shape index (κ3) is 2.93. The Morgan fingerprint density at radius 1 is 0.962 bits per heavy atom. The number of furan rings is 1. The van der Waals surface area contributed by atoms with Crippen LogP contribution in [0.2, 0.25) is 0 Å². The number of hydrogen-bond acceptors (Lipinski definition) is 4. The van der Waals surface area contributed by atoms with Gasteiger partial charge in [-0.3, -0.25) is 4.72 Å². The van der Waals surface area contributed by atoms with Crippen LogP contribution in [0.15, 0.2) is 74.4 Å². The SMILES string of the molecule is COc1ccc(S(=O)(=O)Nc2ccc3c(c2)oc2ccccc23)cc1Br. The molecular formula is C19H14BrNO4S. The van der Waals surface area contributed by atoms with Gasteiger partial charge in [0.25, 0.3) is 10.0 Å². The van der Waals surface area contributed by atoms with Gasteiger partial charge < -0.3 is 9.15 Å². The molecule has 0 aliphatic heterocycles. The molecule has 4 rings (SSSR count). The minimum atomic E-state index is -3.74. The van der Waals surface area contributed by atoms with Crippen LogP contribution in [0, 0.1) is 0 Å². The van der Waals surface area contributed by atoms with E-state index in [0.29, 0.717) is 21.5 Å². The molecule has 0 bridgehead atoms. The number of ether oxygens (including phenoxy) is 1. The minimum Gasteiger partial charge on any atom is -0.496 e. The van der Waals surface area contributed by atoms with Gasteiger partial charge in [0, 0.05) is 16.8 Å². The lowest BCUT2D eigenvalue weighted by Gasteiger charge is -2.10. The molecule has 0 saturated heterocycles. The molecule has 3 aromatic carbocycles. The lowest BCUT2D eigenvalue weighted by Crippen LogP contribution is -2.12. The molecule has 0 atom stereocenters. The summed E-state index contributed by atoms with van der Waals surface area (Å²) < 4.78 is 39.4. The van der Waals surface area contributed by atoms with E-state index in [-0.39, 0.29) is 4.90 Å². The van der Waals surface area contributed by atoms with Gasteiger partial charge in [-0.1, -0.05) is 18.2 Å². The fourth-order valence-corrected chi connectivity index (χ4v) is 4.59. The first-order chi connectivity index (χ1) is 12.5. The van der Waals surface area contributed by atoms with Crippen LogP contribution >= 0.6 is 15.9 Å². The van der Waals surface area contributed by atoms with Crippen LogP contribution < -0.4 is 9.46 Å². The van der Waals surface area contributed by atoms with Crippen molar-refractivity contribution >= 4 is 53.6 Å². The first-order valence-electron chi connectivity index (χ1n) is 7.75. The quantitative estimate of drug-likeness (QED) is 0.484. The molecule has 7 heteroatoms. The summed E-state index contributed by atoms with van der Waals surface area (Å²) in [6, 6.07) is 17.5. The molecule has 0 fully saturated rings. The van der Waals surface area contributed by atoms with Crippen LogP contribution in [0.5, 0.6) is 5.75 Å². The fraction of sp³-hybridized carbons (Fsp3) is 0.0526. The van der Waals surface area contributed by atoms with Crippen molar-refractivity contribution in [3.05, 3.63) is 65.1 Å². The van der Waals surface area contributed by atoms with E-state index < -0.39 is 10.0 Å². The van der Waals surface area contributed by atoms with Crippen molar-refractivity contribution in [1.29, 1.82) is 0 Å². The van der Waals surface area contributed by atoms with E-state index >= 15 is 0 Å². The van der Waals surface area contributed by atoms with Crippen molar-refractivity contribution < 1.29 is 17.6 Å². The number of methoxy groups -OCH3 is 1. The lowest BCUT2D eigenvalue weighted by molar-refractivity contribution is 0.411. The highest BCUT2D eigenvalue weighted by Crippen LogP contribution is 2.32. The first-order valence-corrected chi connectivity index (χ1v) is 10.0. The largest absolute Gasteiger partial charge is 0.496 e. The number of nitrogens with one attached hydrogen (secondary N) is 1. The zero-order valence-corrected chi connectivity index (χ0v) is 16.1. The van der Waals surface area contributed by atoms with Crippen LogP contribution in [0.3, 0.4) is 0 Å². The van der Waals surface area contributed by atoms with E-state index in [1.807, 2.05) is 30.3 Å². The van der Waals surface area contributed by atoms with E-state index in [0.717, 1.165) is 16.4 Å². The van der Waals surface area contributed by atoms with Gasteiger partial charge in [-0.25, -0.2) is 8.42 Å². The molecule has 1 heterocycles. The smallest absolute Gasteiger partial charge is 0.261 e. The maximum atomic E-state index is 12.7. The average molecular weight is 432 g/mol. The second-order valence-corrected chi connectivity index (χ2v) is 8.25. The molecule has 0 radical (unpaired) electrons. The second kappa shape index (κ2) is 6.34. The van der Waals surface area contributed by atoms with Gasteiger partial charge in [-0.2, -0.15) is 0 Å². The number of sulfonamides is 1. The number of benzene rings is 3. The summed E-state index contributed by atoms with van der Waals surface area (Å²) in [5.41, 5.74) is 1.83. The number of anilines is 1. The van der Waals surface area contributed by atoms with Crippen LogP contribution in [0.1, 0.15) is 0 Å². The van der Waals surface area contributed by atoms with Crippen molar-refractivity contribution in [2.75, 3.05) is 11.8 Å².